The molecule has 2 heterocycles. The quantitative estimate of drug-likeness (QED) is 0.719. The number of hydrogen-bond acceptors (Lipinski definition) is 4. The van der Waals surface area contributed by atoms with Gasteiger partial charge in [-0.05, 0) is 43.6 Å². The number of benzene rings is 1. The van der Waals surface area contributed by atoms with Crippen LogP contribution in [0.2, 0.25) is 0 Å². The number of nitrogens with one attached hydrogen (secondary N) is 3. The predicted octanol–water partition coefficient (Wildman–Crippen LogP) is 2.67. The minimum absolute atomic E-state index is 0.0107. The van der Waals surface area contributed by atoms with Crippen molar-refractivity contribution in [2.75, 3.05) is 19.8 Å². The Morgan fingerprint density at radius 3 is 2.70 bits per heavy atom. The Labute approximate surface area is 162 Å². The number of hydrogen-bond donors (Lipinski definition) is 3. The first-order valence-corrected chi connectivity index (χ1v) is 10.7. The fraction of sp³-hybridized carbons (Fsp3) is 0.682. The molecule has 3 fully saturated rings. The molecule has 2 aliphatic heterocycles. The summed E-state index contributed by atoms with van der Waals surface area (Å²) in [5, 5.41) is 3.25. The van der Waals surface area contributed by atoms with Gasteiger partial charge >= 0.3 is 0 Å². The molecule has 0 spiro atoms. The predicted molar refractivity (Wildman–Crippen MR) is 106 cm³/mol. The summed E-state index contributed by atoms with van der Waals surface area (Å²) in [6.07, 6.45) is 8.66. The highest BCUT2D eigenvalue weighted by atomic mass is 16.5. The van der Waals surface area contributed by atoms with E-state index >= 15 is 0 Å². The SMILES string of the molecule is O=C(CCC1NNC2CCCCC21)NCC1(c2ccccc2)CCOCC1. The van der Waals surface area contributed by atoms with Crippen molar-refractivity contribution in [3.8, 4) is 0 Å². The van der Waals surface area contributed by atoms with Crippen LogP contribution in [-0.4, -0.2) is 37.7 Å². The van der Waals surface area contributed by atoms with E-state index < -0.39 is 0 Å². The van der Waals surface area contributed by atoms with Crippen molar-refractivity contribution in [2.45, 2.75) is 68.9 Å². The summed E-state index contributed by atoms with van der Waals surface area (Å²) in [5.74, 6) is 0.871. The lowest BCUT2D eigenvalue weighted by molar-refractivity contribution is -0.121. The third kappa shape index (κ3) is 4.36. The summed E-state index contributed by atoms with van der Waals surface area (Å²) >= 11 is 0. The smallest absolute Gasteiger partial charge is 0.220 e. The van der Waals surface area contributed by atoms with Crippen LogP contribution in [0.4, 0.5) is 0 Å². The van der Waals surface area contributed by atoms with E-state index in [0.29, 0.717) is 31.0 Å². The monoisotopic (exact) mass is 371 g/mol. The molecule has 1 saturated carbocycles. The average Bonchev–Trinajstić information content (AvgIpc) is 3.15. The molecule has 4 rings (SSSR count). The molecule has 3 atom stereocenters. The highest BCUT2D eigenvalue weighted by Crippen LogP contribution is 2.34. The Morgan fingerprint density at radius 1 is 1.11 bits per heavy atom. The van der Waals surface area contributed by atoms with Gasteiger partial charge in [-0.2, -0.15) is 0 Å². The number of hydrazine groups is 1. The van der Waals surface area contributed by atoms with Crippen LogP contribution < -0.4 is 16.2 Å². The largest absolute Gasteiger partial charge is 0.381 e. The number of ether oxygens (including phenoxy) is 1. The Bertz CT molecular complexity index is 615. The lowest BCUT2D eigenvalue weighted by atomic mass is 9.74. The maximum atomic E-state index is 12.6. The van der Waals surface area contributed by atoms with E-state index in [0.717, 1.165) is 32.5 Å². The summed E-state index contributed by atoms with van der Waals surface area (Å²) in [4.78, 5) is 12.6. The lowest BCUT2D eigenvalue weighted by Gasteiger charge is -2.38. The summed E-state index contributed by atoms with van der Waals surface area (Å²) in [7, 11) is 0. The van der Waals surface area contributed by atoms with E-state index in [-0.39, 0.29) is 11.3 Å². The molecule has 27 heavy (non-hydrogen) atoms. The first kappa shape index (κ1) is 18.9. The van der Waals surface area contributed by atoms with E-state index in [1.807, 2.05) is 0 Å². The zero-order valence-electron chi connectivity index (χ0n) is 16.2. The van der Waals surface area contributed by atoms with Gasteiger partial charge < -0.3 is 10.1 Å². The number of fused-ring (bicyclic) bond motifs is 1. The molecular formula is C22H33N3O2. The molecule has 2 saturated heterocycles. The zero-order valence-corrected chi connectivity index (χ0v) is 16.2. The molecule has 0 bridgehead atoms. The van der Waals surface area contributed by atoms with Gasteiger partial charge in [-0.15, -0.1) is 0 Å². The number of rotatable bonds is 6. The highest BCUT2D eigenvalue weighted by molar-refractivity contribution is 5.76. The van der Waals surface area contributed by atoms with Crippen LogP contribution in [-0.2, 0) is 14.9 Å². The molecule has 148 valence electrons. The molecule has 5 heteroatoms. The second-order valence-electron chi connectivity index (χ2n) is 8.52. The first-order valence-electron chi connectivity index (χ1n) is 10.7. The zero-order chi connectivity index (χ0) is 18.5. The van der Waals surface area contributed by atoms with E-state index in [9.17, 15) is 4.79 Å². The standard InChI is InChI=1S/C22H33N3O2/c26-21(11-10-20-18-8-4-5-9-19(18)24-25-20)23-16-22(12-14-27-15-13-22)17-6-2-1-3-7-17/h1-3,6-7,18-20,24-25H,4-5,8-16H2,(H,23,26). The molecular weight excluding hydrogens is 338 g/mol. The lowest BCUT2D eigenvalue weighted by Crippen LogP contribution is -2.45. The van der Waals surface area contributed by atoms with E-state index in [1.54, 1.807) is 0 Å². The minimum atomic E-state index is 0.0107. The third-order valence-corrected chi connectivity index (χ3v) is 6.93. The van der Waals surface area contributed by atoms with Crippen LogP contribution in [0.25, 0.3) is 0 Å². The molecule has 3 aliphatic rings. The van der Waals surface area contributed by atoms with Crippen molar-refractivity contribution in [2.24, 2.45) is 5.92 Å². The minimum Gasteiger partial charge on any atom is -0.381 e. The Morgan fingerprint density at radius 2 is 1.89 bits per heavy atom. The van der Waals surface area contributed by atoms with E-state index in [1.165, 1.54) is 31.2 Å². The number of carbonyl (C=O) groups excluding carboxylic acids is 1. The van der Waals surface area contributed by atoms with Crippen LogP contribution in [0, 0.1) is 5.92 Å². The topological polar surface area (TPSA) is 62.4 Å². The molecule has 0 radical (unpaired) electrons. The Hall–Kier alpha value is -1.43. The summed E-state index contributed by atoms with van der Waals surface area (Å²) < 4.78 is 5.59. The maximum Gasteiger partial charge on any atom is 0.220 e. The molecule has 3 N–H and O–H groups in total. The van der Waals surface area contributed by atoms with Gasteiger partial charge in [0, 0.05) is 43.7 Å². The van der Waals surface area contributed by atoms with E-state index in [4.69, 9.17) is 4.74 Å². The van der Waals surface area contributed by atoms with Gasteiger partial charge in [0.2, 0.25) is 5.91 Å². The second kappa shape index (κ2) is 8.72. The van der Waals surface area contributed by atoms with Crippen LogP contribution in [0.1, 0.15) is 56.9 Å². The molecule has 5 nitrogen and oxygen atoms in total. The normalized spacial score (nSPS) is 29.9. The highest BCUT2D eigenvalue weighted by Gasteiger charge is 2.37. The molecule has 3 unspecified atom stereocenters. The van der Waals surface area contributed by atoms with Crippen molar-refractivity contribution in [3.63, 3.8) is 0 Å². The van der Waals surface area contributed by atoms with Gasteiger partial charge in [0.25, 0.3) is 0 Å². The van der Waals surface area contributed by atoms with Crippen LogP contribution in [0.3, 0.4) is 0 Å². The van der Waals surface area contributed by atoms with Gasteiger partial charge in [-0.25, -0.2) is 0 Å². The first-order chi connectivity index (χ1) is 13.3. The fourth-order valence-electron chi connectivity index (χ4n) is 5.19. The number of amides is 1. The van der Waals surface area contributed by atoms with Crippen molar-refractivity contribution < 1.29 is 9.53 Å². The van der Waals surface area contributed by atoms with Gasteiger partial charge in [0.15, 0.2) is 0 Å². The maximum absolute atomic E-state index is 12.6. The summed E-state index contributed by atoms with van der Waals surface area (Å²) in [6, 6.07) is 11.7. The van der Waals surface area contributed by atoms with Crippen molar-refractivity contribution in [1.82, 2.24) is 16.2 Å². The summed E-state index contributed by atoms with van der Waals surface area (Å²) in [5.41, 5.74) is 8.22. The van der Waals surface area contributed by atoms with Gasteiger partial charge in [0.1, 0.15) is 0 Å². The molecule has 0 aromatic heterocycles. The molecule has 1 aromatic carbocycles. The average molecular weight is 372 g/mol. The van der Waals surface area contributed by atoms with Gasteiger partial charge in [-0.3, -0.25) is 15.6 Å². The van der Waals surface area contributed by atoms with Crippen molar-refractivity contribution in [1.29, 1.82) is 0 Å². The Balaban J connectivity index is 1.30. The van der Waals surface area contributed by atoms with E-state index in [2.05, 4.69) is 46.5 Å². The number of carbonyl (C=O) groups is 1. The Kier molecular flexibility index (Phi) is 6.11. The van der Waals surface area contributed by atoms with Gasteiger partial charge in [-0.1, -0.05) is 43.2 Å². The van der Waals surface area contributed by atoms with Crippen molar-refractivity contribution in [3.05, 3.63) is 35.9 Å². The van der Waals surface area contributed by atoms with Crippen LogP contribution >= 0.6 is 0 Å². The van der Waals surface area contributed by atoms with Crippen LogP contribution in [0.15, 0.2) is 30.3 Å². The molecule has 1 aromatic rings. The molecule has 1 amide bonds. The van der Waals surface area contributed by atoms with Gasteiger partial charge in [0.05, 0.1) is 0 Å². The van der Waals surface area contributed by atoms with Crippen molar-refractivity contribution >= 4 is 5.91 Å². The molecule has 1 aliphatic carbocycles. The summed E-state index contributed by atoms with van der Waals surface area (Å²) in [6.45, 7) is 2.25. The fourth-order valence-corrected chi connectivity index (χ4v) is 5.19. The third-order valence-electron chi connectivity index (χ3n) is 6.93. The van der Waals surface area contributed by atoms with Crippen LogP contribution in [0.5, 0.6) is 0 Å². The second-order valence-corrected chi connectivity index (χ2v) is 8.52.